The lowest BCUT2D eigenvalue weighted by Crippen LogP contribution is -2.34. The number of rotatable bonds is 9. The molecule has 0 bridgehead atoms. The lowest BCUT2D eigenvalue weighted by molar-refractivity contribution is -0.139. The van der Waals surface area contributed by atoms with E-state index in [0.717, 1.165) is 0 Å². The monoisotopic (exact) mass is 317 g/mol. The van der Waals surface area contributed by atoms with E-state index in [1.165, 1.54) is 19.2 Å². The summed E-state index contributed by atoms with van der Waals surface area (Å²) in [5, 5.41) is 8.67. The minimum Gasteiger partial charge on any atom is -0.494 e. The quantitative estimate of drug-likeness (QED) is 0.700. The molecule has 21 heavy (non-hydrogen) atoms. The molecular formula is C13H19NO6S. The number of carboxylic acids is 1. The Labute approximate surface area is 123 Å². The van der Waals surface area contributed by atoms with E-state index < -0.39 is 22.1 Å². The van der Waals surface area contributed by atoms with Gasteiger partial charge in [-0.05, 0) is 31.2 Å². The summed E-state index contributed by atoms with van der Waals surface area (Å²) in [5.74, 6) is -0.473. The molecule has 0 aliphatic rings. The maximum absolute atomic E-state index is 12.1. The number of sulfonamides is 1. The standard InChI is InChI=1S/C13H19NO6S/c1-3-20-10-4-6-12(7-5-10)21(17,18)14-9-11(19-2)8-13(15)16/h4-7,11,14H,3,8-9H2,1-2H3,(H,15,16). The van der Waals surface area contributed by atoms with Crippen LogP contribution in [-0.2, 0) is 19.6 Å². The van der Waals surface area contributed by atoms with Crippen molar-refractivity contribution in [3.63, 3.8) is 0 Å². The van der Waals surface area contributed by atoms with E-state index in [0.29, 0.717) is 12.4 Å². The SMILES string of the molecule is CCOc1ccc(S(=O)(=O)NCC(CC(=O)O)OC)cc1. The average molecular weight is 317 g/mol. The Kier molecular flexibility index (Phi) is 6.60. The first kappa shape index (κ1) is 17.4. The summed E-state index contributed by atoms with van der Waals surface area (Å²) in [6, 6.07) is 5.96. The van der Waals surface area contributed by atoms with Crippen LogP contribution in [0, 0.1) is 0 Å². The molecule has 0 heterocycles. The van der Waals surface area contributed by atoms with E-state index in [9.17, 15) is 13.2 Å². The normalized spacial score (nSPS) is 12.9. The first-order chi connectivity index (χ1) is 9.89. The van der Waals surface area contributed by atoms with E-state index in [4.69, 9.17) is 14.6 Å². The van der Waals surface area contributed by atoms with Gasteiger partial charge in [-0.25, -0.2) is 13.1 Å². The van der Waals surface area contributed by atoms with Gasteiger partial charge in [0, 0.05) is 13.7 Å². The Bertz CT molecular complexity index is 555. The van der Waals surface area contributed by atoms with Crippen molar-refractivity contribution in [2.45, 2.75) is 24.3 Å². The molecule has 1 rings (SSSR count). The number of ether oxygens (including phenoxy) is 2. The highest BCUT2D eigenvalue weighted by Crippen LogP contribution is 2.15. The van der Waals surface area contributed by atoms with E-state index in [1.807, 2.05) is 6.92 Å². The molecule has 0 aromatic heterocycles. The van der Waals surface area contributed by atoms with Gasteiger partial charge in [-0.2, -0.15) is 0 Å². The first-order valence-corrected chi connectivity index (χ1v) is 7.84. The van der Waals surface area contributed by atoms with Crippen LogP contribution in [0.15, 0.2) is 29.2 Å². The van der Waals surface area contributed by atoms with Gasteiger partial charge in [0.2, 0.25) is 10.0 Å². The number of carbonyl (C=O) groups is 1. The minimum absolute atomic E-state index is 0.0798. The predicted molar refractivity (Wildman–Crippen MR) is 75.8 cm³/mol. The molecule has 0 spiro atoms. The molecule has 2 N–H and O–H groups in total. The summed E-state index contributed by atoms with van der Waals surface area (Å²) in [5.41, 5.74) is 0. The average Bonchev–Trinajstić information content (AvgIpc) is 2.44. The molecule has 0 saturated heterocycles. The minimum atomic E-state index is -3.71. The number of methoxy groups -OCH3 is 1. The predicted octanol–water partition coefficient (Wildman–Crippen LogP) is 0.853. The third kappa shape index (κ3) is 5.70. The summed E-state index contributed by atoms with van der Waals surface area (Å²) in [6.45, 7) is 2.22. The molecule has 0 radical (unpaired) electrons. The molecule has 1 aromatic carbocycles. The maximum Gasteiger partial charge on any atom is 0.306 e. The molecule has 0 aliphatic carbocycles. The summed E-state index contributed by atoms with van der Waals surface area (Å²) >= 11 is 0. The molecule has 0 saturated carbocycles. The van der Waals surface area contributed by atoms with Crippen molar-refractivity contribution < 1.29 is 27.8 Å². The van der Waals surface area contributed by atoms with Gasteiger partial charge >= 0.3 is 5.97 Å². The molecule has 118 valence electrons. The second-order valence-corrected chi connectivity index (χ2v) is 5.98. The van der Waals surface area contributed by atoms with Gasteiger partial charge in [0.05, 0.1) is 24.0 Å². The van der Waals surface area contributed by atoms with Crippen molar-refractivity contribution in [3.05, 3.63) is 24.3 Å². The van der Waals surface area contributed by atoms with Crippen LogP contribution < -0.4 is 9.46 Å². The van der Waals surface area contributed by atoms with Crippen LogP contribution in [0.1, 0.15) is 13.3 Å². The summed E-state index contributed by atoms with van der Waals surface area (Å²) in [4.78, 5) is 10.7. The molecule has 1 unspecified atom stereocenters. The number of hydrogen-bond donors (Lipinski definition) is 2. The van der Waals surface area contributed by atoms with E-state index in [2.05, 4.69) is 4.72 Å². The van der Waals surface area contributed by atoms with Gasteiger partial charge in [0.1, 0.15) is 5.75 Å². The second kappa shape index (κ2) is 7.96. The summed E-state index contributed by atoms with van der Waals surface area (Å²) < 4.78 is 36.6. The van der Waals surface area contributed by atoms with E-state index in [1.54, 1.807) is 12.1 Å². The zero-order chi connectivity index (χ0) is 15.9. The first-order valence-electron chi connectivity index (χ1n) is 6.36. The van der Waals surface area contributed by atoms with Gasteiger partial charge < -0.3 is 14.6 Å². The smallest absolute Gasteiger partial charge is 0.306 e. The zero-order valence-electron chi connectivity index (χ0n) is 11.9. The van der Waals surface area contributed by atoms with Gasteiger partial charge in [-0.15, -0.1) is 0 Å². The Hall–Kier alpha value is -1.64. The fourth-order valence-electron chi connectivity index (χ4n) is 1.60. The Balaban J connectivity index is 2.70. The van der Waals surface area contributed by atoms with Crippen molar-refractivity contribution in [2.24, 2.45) is 0 Å². The maximum atomic E-state index is 12.1. The van der Waals surface area contributed by atoms with Crippen molar-refractivity contribution in [2.75, 3.05) is 20.3 Å². The number of benzene rings is 1. The summed E-state index contributed by atoms with van der Waals surface area (Å²) in [6.07, 6.45) is -0.998. The highest BCUT2D eigenvalue weighted by Gasteiger charge is 2.18. The molecular weight excluding hydrogens is 298 g/mol. The lowest BCUT2D eigenvalue weighted by Gasteiger charge is -2.14. The van der Waals surface area contributed by atoms with Crippen LogP contribution in [-0.4, -0.2) is 45.9 Å². The third-order valence-electron chi connectivity index (χ3n) is 2.68. The van der Waals surface area contributed by atoms with Crippen LogP contribution in [0.5, 0.6) is 5.75 Å². The Morgan fingerprint density at radius 2 is 1.95 bits per heavy atom. The van der Waals surface area contributed by atoms with Crippen LogP contribution >= 0.6 is 0 Å². The molecule has 7 nitrogen and oxygen atoms in total. The fraction of sp³-hybridized carbons (Fsp3) is 0.462. The highest BCUT2D eigenvalue weighted by molar-refractivity contribution is 7.89. The molecule has 1 atom stereocenters. The fourth-order valence-corrected chi connectivity index (χ4v) is 2.67. The topological polar surface area (TPSA) is 102 Å². The van der Waals surface area contributed by atoms with Gasteiger partial charge in [0.15, 0.2) is 0 Å². The highest BCUT2D eigenvalue weighted by atomic mass is 32.2. The molecule has 8 heteroatoms. The van der Waals surface area contributed by atoms with Crippen LogP contribution in [0.3, 0.4) is 0 Å². The number of hydrogen-bond acceptors (Lipinski definition) is 5. The number of nitrogens with one attached hydrogen (secondary N) is 1. The van der Waals surface area contributed by atoms with Gasteiger partial charge in [-0.3, -0.25) is 4.79 Å². The van der Waals surface area contributed by atoms with E-state index >= 15 is 0 Å². The zero-order valence-corrected chi connectivity index (χ0v) is 12.7. The van der Waals surface area contributed by atoms with Crippen molar-refractivity contribution in [1.29, 1.82) is 0 Å². The Morgan fingerprint density at radius 3 is 2.43 bits per heavy atom. The van der Waals surface area contributed by atoms with Crippen molar-refractivity contribution >= 4 is 16.0 Å². The van der Waals surface area contributed by atoms with Crippen LogP contribution in [0.25, 0.3) is 0 Å². The number of carboxylic acid groups (broad SMARTS) is 1. The largest absolute Gasteiger partial charge is 0.494 e. The lowest BCUT2D eigenvalue weighted by atomic mass is 10.2. The van der Waals surface area contributed by atoms with Gasteiger partial charge in [0.25, 0.3) is 0 Å². The van der Waals surface area contributed by atoms with Crippen molar-refractivity contribution in [1.82, 2.24) is 4.72 Å². The summed E-state index contributed by atoms with van der Waals surface area (Å²) in [7, 11) is -2.38. The second-order valence-electron chi connectivity index (χ2n) is 4.21. The van der Waals surface area contributed by atoms with Crippen LogP contribution in [0.4, 0.5) is 0 Å². The van der Waals surface area contributed by atoms with E-state index in [-0.39, 0.29) is 17.9 Å². The van der Waals surface area contributed by atoms with Crippen molar-refractivity contribution in [3.8, 4) is 5.75 Å². The third-order valence-corrected chi connectivity index (χ3v) is 4.12. The molecule has 0 fully saturated rings. The van der Waals surface area contributed by atoms with Gasteiger partial charge in [-0.1, -0.05) is 0 Å². The molecule has 0 aliphatic heterocycles. The molecule has 0 amide bonds. The molecule has 1 aromatic rings. The van der Waals surface area contributed by atoms with Crippen LogP contribution in [0.2, 0.25) is 0 Å². The number of aliphatic carboxylic acids is 1. The Morgan fingerprint density at radius 1 is 1.33 bits per heavy atom.